The lowest BCUT2D eigenvalue weighted by Gasteiger charge is -2.23. The summed E-state index contributed by atoms with van der Waals surface area (Å²) in [5.41, 5.74) is -0.882. The van der Waals surface area contributed by atoms with Gasteiger partial charge in [-0.05, 0) is 20.3 Å². The normalized spacial score (nSPS) is 26.4. The van der Waals surface area contributed by atoms with Gasteiger partial charge in [0.15, 0.2) is 9.84 Å². The molecule has 0 aliphatic carbocycles. The molecule has 0 spiro atoms. The summed E-state index contributed by atoms with van der Waals surface area (Å²) in [5.74, 6) is -0.0511. The van der Waals surface area contributed by atoms with Gasteiger partial charge in [0.25, 0.3) is 0 Å². The molecule has 2 heterocycles. The van der Waals surface area contributed by atoms with E-state index in [-0.39, 0.29) is 28.0 Å². The van der Waals surface area contributed by atoms with Crippen LogP contribution in [0.25, 0.3) is 0 Å². The fourth-order valence-corrected chi connectivity index (χ4v) is 4.77. The van der Waals surface area contributed by atoms with Crippen molar-refractivity contribution in [3.63, 3.8) is 0 Å². The van der Waals surface area contributed by atoms with Crippen molar-refractivity contribution in [3.8, 4) is 0 Å². The smallest absolute Gasteiger partial charge is 0.258 e. The van der Waals surface area contributed by atoms with E-state index < -0.39 is 20.3 Å². The highest BCUT2D eigenvalue weighted by molar-refractivity contribution is 7.91. The number of rotatable bonds is 2. The van der Waals surface area contributed by atoms with Crippen molar-refractivity contribution in [1.82, 2.24) is 9.78 Å². The fraction of sp³-hybridized carbons (Fsp3) is 0.667. The van der Waals surface area contributed by atoms with Gasteiger partial charge in [-0.25, -0.2) is 13.1 Å². The van der Waals surface area contributed by atoms with Crippen molar-refractivity contribution >= 4 is 27.1 Å². The second-order valence-corrected chi connectivity index (χ2v) is 7.27. The summed E-state index contributed by atoms with van der Waals surface area (Å²) in [6.07, 6.45) is 0.354. The Morgan fingerprint density at radius 3 is 2.56 bits per heavy atom. The van der Waals surface area contributed by atoms with Gasteiger partial charge in [0.05, 0.1) is 22.0 Å². The predicted octanol–water partition coefficient (Wildman–Crippen LogP) is 1.29. The molecule has 0 amide bonds. The lowest BCUT2D eigenvalue weighted by atomic mass is 10.0. The minimum atomic E-state index is -3.13. The summed E-state index contributed by atoms with van der Waals surface area (Å²) in [7, 11) is -3.13. The van der Waals surface area contributed by atoms with Crippen LogP contribution >= 0.6 is 11.6 Å². The van der Waals surface area contributed by atoms with Gasteiger partial charge in [-0.1, -0.05) is 11.6 Å². The number of hydrogen-bond donors (Lipinski definition) is 0. The third kappa shape index (κ3) is 1.99. The molecule has 0 aromatic carbocycles. The second kappa shape index (κ2) is 3.92. The summed E-state index contributed by atoms with van der Waals surface area (Å²) < 4.78 is 24.3. The first-order valence-electron chi connectivity index (χ1n) is 5.27. The molecule has 0 radical (unpaired) electrons. The molecular formula is C9H12ClN3O4S. The first kappa shape index (κ1) is 13.3. The van der Waals surface area contributed by atoms with Gasteiger partial charge in [-0.3, -0.25) is 10.1 Å². The van der Waals surface area contributed by atoms with Gasteiger partial charge in [0, 0.05) is 0 Å². The predicted molar refractivity (Wildman–Crippen MR) is 65.5 cm³/mol. The lowest BCUT2D eigenvalue weighted by Crippen LogP contribution is -2.32. The molecule has 7 nitrogen and oxygen atoms in total. The molecule has 2 rings (SSSR count). The monoisotopic (exact) mass is 293 g/mol. The zero-order chi connectivity index (χ0) is 13.7. The Morgan fingerprint density at radius 1 is 1.56 bits per heavy atom. The molecule has 0 saturated carbocycles. The average molecular weight is 294 g/mol. The highest BCUT2D eigenvalue weighted by Gasteiger charge is 2.43. The number of aromatic nitrogens is 2. The highest BCUT2D eigenvalue weighted by atomic mass is 35.5. The zero-order valence-corrected chi connectivity index (χ0v) is 11.5. The van der Waals surface area contributed by atoms with Crippen molar-refractivity contribution in [3.05, 3.63) is 21.0 Å². The summed E-state index contributed by atoms with van der Waals surface area (Å²) in [5, 5.41) is 14.8. The van der Waals surface area contributed by atoms with Crippen molar-refractivity contribution in [2.45, 2.75) is 25.8 Å². The molecule has 1 aliphatic heterocycles. The van der Waals surface area contributed by atoms with E-state index in [0.717, 1.165) is 0 Å². The molecule has 100 valence electrons. The number of halogens is 1. The van der Waals surface area contributed by atoms with Crippen LogP contribution in [0.15, 0.2) is 0 Å². The Morgan fingerprint density at radius 2 is 2.17 bits per heavy atom. The Kier molecular flexibility index (Phi) is 2.90. The molecule has 9 heteroatoms. The molecule has 1 unspecified atom stereocenters. The van der Waals surface area contributed by atoms with Gasteiger partial charge in [0.1, 0.15) is 5.69 Å². The Bertz CT molecular complexity index is 624. The summed E-state index contributed by atoms with van der Waals surface area (Å²) >= 11 is 5.95. The molecule has 1 atom stereocenters. The molecule has 1 aliphatic rings. The third-order valence-electron chi connectivity index (χ3n) is 3.15. The van der Waals surface area contributed by atoms with Crippen LogP contribution in [0.5, 0.6) is 0 Å². The molecule has 1 fully saturated rings. The second-order valence-electron chi connectivity index (χ2n) is 4.73. The van der Waals surface area contributed by atoms with Crippen LogP contribution in [-0.4, -0.2) is 34.6 Å². The average Bonchev–Trinajstić information content (AvgIpc) is 2.65. The van der Waals surface area contributed by atoms with Crippen LogP contribution in [0.1, 0.15) is 19.0 Å². The van der Waals surface area contributed by atoms with E-state index in [1.165, 1.54) is 11.6 Å². The Labute approximate surface area is 109 Å². The quantitative estimate of drug-likeness (QED) is 0.605. The number of nitrogens with zero attached hydrogens (tertiary/aromatic N) is 3. The number of hydrogen-bond acceptors (Lipinski definition) is 5. The number of sulfone groups is 1. The first-order chi connectivity index (χ1) is 8.16. The Hall–Kier alpha value is -1.15. The maximum Gasteiger partial charge on any atom is 0.328 e. The van der Waals surface area contributed by atoms with Gasteiger partial charge in [-0.15, -0.1) is 0 Å². The van der Waals surface area contributed by atoms with Crippen molar-refractivity contribution in [1.29, 1.82) is 0 Å². The summed E-state index contributed by atoms with van der Waals surface area (Å²) in [4.78, 5) is 10.2. The fourth-order valence-electron chi connectivity index (χ4n) is 2.22. The van der Waals surface area contributed by atoms with E-state index in [1.54, 1.807) is 6.92 Å². The van der Waals surface area contributed by atoms with E-state index >= 15 is 0 Å². The molecule has 1 aromatic rings. The van der Waals surface area contributed by atoms with Crippen LogP contribution in [0.4, 0.5) is 5.69 Å². The topological polar surface area (TPSA) is 95.1 Å². The summed E-state index contributed by atoms with van der Waals surface area (Å²) in [6, 6.07) is 0. The maximum absolute atomic E-state index is 11.5. The minimum Gasteiger partial charge on any atom is -0.258 e. The van der Waals surface area contributed by atoms with Crippen LogP contribution in [0, 0.1) is 17.0 Å². The van der Waals surface area contributed by atoms with Crippen molar-refractivity contribution < 1.29 is 13.3 Å². The molecule has 0 N–H and O–H groups in total. The van der Waals surface area contributed by atoms with Crippen LogP contribution in [0.3, 0.4) is 0 Å². The van der Waals surface area contributed by atoms with E-state index in [0.29, 0.717) is 6.42 Å². The molecule has 18 heavy (non-hydrogen) atoms. The molecule has 1 aromatic heterocycles. The highest BCUT2D eigenvalue weighted by Crippen LogP contribution is 2.37. The molecule has 1 saturated heterocycles. The van der Waals surface area contributed by atoms with Crippen LogP contribution in [0.2, 0.25) is 5.15 Å². The summed E-state index contributed by atoms with van der Waals surface area (Å²) in [6.45, 7) is 3.17. The van der Waals surface area contributed by atoms with Crippen molar-refractivity contribution in [2.75, 3.05) is 11.5 Å². The number of aryl methyl sites for hydroxylation is 1. The standard InChI is InChI=1S/C9H12ClN3O4S/c1-6-7(13(14)15)8(10)12(11-6)9(2)3-4-18(16,17)5-9/h3-5H2,1-2H3. The molecular weight excluding hydrogens is 282 g/mol. The lowest BCUT2D eigenvalue weighted by molar-refractivity contribution is -0.385. The SMILES string of the molecule is Cc1nn(C2(C)CCS(=O)(=O)C2)c(Cl)c1[N+](=O)[O-]. The van der Waals surface area contributed by atoms with Gasteiger partial charge in [-0.2, -0.15) is 5.10 Å². The van der Waals surface area contributed by atoms with Gasteiger partial charge >= 0.3 is 5.69 Å². The minimum absolute atomic E-state index is 0.0481. The van der Waals surface area contributed by atoms with Gasteiger partial charge < -0.3 is 0 Å². The van der Waals surface area contributed by atoms with E-state index in [2.05, 4.69) is 5.10 Å². The Balaban J connectivity index is 2.54. The van der Waals surface area contributed by atoms with E-state index in [4.69, 9.17) is 11.6 Å². The van der Waals surface area contributed by atoms with Gasteiger partial charge in [0.2, 0.25) is 5.15 Å². The van der Waals surface area contributed by atoms with Crippen LogP contribution in [-0.2, 0) is 15.4 Å². The van der Waals surface area contributed by atoms with Crippen molar-refractivity contribution in [2.24, 2.45) is 0 Å². The third-order valence-corrected chi connectivity index (χ3v) is 5.38. The zero-order valence-electron chi connectivity index (χ0n) is 9.88. The maximum atomic E-state index is 11.5. The van der Waals surface area contributed by atoms with Crippen LogP contribution < -0.4 is 0 Å². The largest absolute Gasteiger partial charge is 0.328 e. The van der Waals surface area contributed by atoms with E-state index in [9.17, 15) is 18.5 Å². The first-order valence-corrected chi connectivity index (χ1v) is 7.47. The van der Waals surface area contributed by atoms with E-state index in [1.807, 2.05) is 0 Å². The number of nitro groups is 1. The molecule has 0 bridgehead atoms.